The van der Waals surface area contributed by atoms with Crippen molar-refractivity contribution >= 4 is 7.12 Å². The molecule has 2 fully saturated rings. The van der Waals surface area contributed by atoms with Crippen molar-refractivity contribution in [3.8, 4) is 0 Å². The van der Waals surface area contributed by atoms with E-state index in [1.807, 2.05) is 41.5 Å². The van der Waals surface area contributed by atoms with Gasteiger partial charge in [-0.15, -0.1) is 0 Å². The molecule has 2 rings (SSSR count). The Hall–Kier alpha value is -1.21. The van der Waals surface area contributed by atoms with Crippen molar-refractivity contribution in [1.29, 1.82) is 0 Å². The van der Waals surface area contributed by atoms with Crippen molar-refractivity contribution in [3.05, 3.63) is 35.5 Å². The smallest absolute Gasteiger partial charge is 0.399 e. The summed E-state index contributed by atoms with van der Waals surface area (Å²) in [4.78, 5) is 0. The molecule has 0 aromatic rings. The molecule has 128 valence electrons. The number of alkyl halides is 3. The van der Waals surface area contributed by atoms with Crippen LogP contribution in [-0.4, -0.2) is 30.0 Å². The summed E-state index contributed by atoms with van der Waals surface area (Å²) >= 11 is 0. The second kappa shape index (κ2) is 5.15. The average molecular weight is 329 g/mol. The lowest BCUT2D eigenvalue weighted by Crippen LogP contribution is -2.41. The zero-order valence-electron chi connectivity index (χ0n) is 14.4. The third kappa shape index (κ3) is 3.66. The minimum Gasteiger partial charge on any atom is -0.399 e. The maximum absolute atomic E-state index is 13.2. The molecule has 0 saturated carbocycles. The van der Waals surface area contributed by atoms with Crippen LogP contribution in [0.4, 0.5) is 13.2 Å². The average Bonchev–Trinajstić information content (AvgIpc) is 2.84. The molecule has 0 atom stereocenters. The van der Waals surface area contributed by atoms with E-state index in [4.69, 9.17) is 9.31 Å². The molecule has 2 heterocycles. The topological polar surface area (TPSA) is 40.4 Å². The van der Waals surface area contributed by atoms with Crippen molar-refractivity contribution in [2.75, 3.05) is 0 Å². The predicted octanol–water partition coefficient (Wildman–Crippen LogP) is 3.93. The number of rotatable bonds is 3. The monoisotopic (exact) mass is 329 g/mol. The minimum atomic E-state index is -4.47. The van der Waals surface area contributed by atoms with Gasteiger partial charge in [0.05, 0.1) is 22.3 Å². The molecule has 3 nitrogen and oxygen atoms in total. The number of allylic oxidation sites excluding steroid dienone is 4. The largest absolute Gasteiger partial charge is 0.494 e. The summed E-state index contributed by atoms with van der Waals surface area (Å²) in [5.41, 5.74) is -1.72. The Kier molecular flexibility index (Phi) is 4.06. The van der Waals surface area contributed by atoms with E-state index >= 15 is 0 Å². The summed E-state index contributed by atoms with van der Waals surface area (Å²) in [5.74, 6) is 0. The Morgan fingerprint density at radius 1 is 1.09 bits per heavy atom. The fraction of sp³-hybridized carbons (Fsp3) is 0.625. The van der Waals surface area contributed by atoms with Crippen LogP contribution in [-0.2, 0) is 9.31 Å². The lowest BCUT2D eigenvalue weighted by atomic mass is 9.78. The third-order valence-electron chi connectivity index (χ3n) is 4.58. The van der Waals surface area contributed by atoms with E-state index in [0.717, 1.165) is 12.2 Å². The zero-order valence-corrected chi connectivity index (χ0v) is 14.4. The molecule has 0 spiro atoms. The number of hydrogen-bond donors (Lipinski definition) is 1. The molecule has 2 aliphatic rings. The predicted molar refractivity (Wildman–Crippen MR) is 84.7 cm³/mol. The molecule has 0 aromatic heterocycles. The van der Waals surface area contributed by atoms with Crippen molar-refractivity contribution in [3.63, 3.8) is 0 Å². The van der Waals surface area contributed by atoms with E-state index < -0.39 is 35.6 Å². The molecule has 2 aliphatic heterocycles. The second-order valence-electron chi connectivity index (χ2n) is 7.57. The Bertz CT molecular complexity index is 573. The summed E-state index contributed by atoms with van der Waals surface area (Å²) in [6.45, 7) is 14.7. The maximum atomic E-state index is 13.2. The van der Waals surface area contributed by atoms with Gasteiger partial charge in [-0.2, -0.15) is 13.2 Å². The quantitative estimate of drug-likeness (QED) is 0.485. The van der Waals surface area contributed by atoms with Gasteiger partial charge in [0.1, 0.15) is 0 Å². The van der Waals surface area contributed by atoms with Crippen LogP contribution in [0.25, 0.3) is 0 Å². The van der Waals surface area contributed by atoms with E-state index in [-0.39, 0.29) is 5.47 Å². The fourth-order valence-electron chi connectivity index (χ4n) is 2.14. The van der Waals surface area contributed by atoms with Crippen LogP contribution >= 0.6 is 0 Å². The molecule has 0 amide bonds. The van der Waals surface area contributed by atoms with Gasteiger partial charge in [0.25, 0.3) is 0 Å². The Balaban J connectivity index is 2.24. The summed E-state index contributed by atoms with van der Waals surface area (Å²) in [6.07, 6.45) is -2.37. The first-order valence-electron chi connectivity index (χ1n) is 7.49. The van der Waals surface area contributed by atoms with Gasteiger partial charge in [-0.3, -0.25) is 0 Å². The van der Waals surface area contributed by atoms with Crippen LogP contribution < -0.4 is 5.32 Å². The van der Waals surface area contributed by atoms with Crippen molar-refractivity contribution in [2.24, 2.45) is 0 Å². The van der Waals surface area contributed by atoms with Gasteiger partial charge < -0.3 is 14.6 Å². The lowest BCUT2D eigenvalue weighted by molar-refractivity contribution is -0.0882. The van der Waals surface area contributed by atoms with Crippen molar-refractivity contribution in [2.45, 2.75) is 64.5 Å². The molecule has 0 bridgehead atoms. The second-order valence-corrected chi connectivity index (χ2v) is 7.57. The fourth-order valence-corrected chi connectivity index (χ4v) is 2.14. The molecule has 23 heavy (non-hydrogen) atoms. The van der Waals surface area contributed by atoms with Gasteiger partial charge in [-0.1, -0.05) is 12.7 Å². The maximum Gasteiger partial charge on any atom is 0.494 e. The number of halogens is 3. The van der Waals surface area contributed by atoms with Gasteiger partial charge in [0.2, 0.25) is 0 Å². The van der Waals surface area contributed by atoms with Crippen molar-refractivity contribution < 1.29 is 22.5 Å². The highest BCUT2D eigenvalue weighted by molar-refractivity contribution is 6.55. The lowest BCUT2D eigenvalue weighted by Gasteiger charge is -2.32. The normalized spacial score (nSPS) is 27.1. The zero-order chi connectivity index (χ0) is 17.8. The van der Waals surface area contributed by atoms with Crippen LogP contribution in [0.1, 0.15) is 41.5 Å². The van der Waals surface area contributed by atoms with Crippen LogP contribution in [0.3, 0.4) is 0 Å². The summed E-state index contributed by atoms with van der Waals surface area (Å²) in [7, 11) is -0.893. The molecule has 0 unspecified atom stereocenters. The molecule has 7 heteroatoms. The Morgan fingerprint density at radius 3 is 1.87 bits per heavy atom. The van der Waals surface area contributed by atoms with E-state index in [1.165, 1.54) is 0 Å². The third-order valence-corrected chi connectivity index (χ3v) is 4.58. The van der Waals surface area contributed by atoms with E-state index in [0.29, 0.717) is 5.70 Å². The van der Waals surface area contributed by atoms with E-state index in [2.05, 4.69) is 11.9 Å². The van der Waals surface area contributed by atoms with E-state index in [9.17, 15) is 13.2 Å². The molecule has 1 N–H and O–H groups in total. The highest BCUT2D eigenvalue weighted by Crippen LogP contribution is 2.40. The summed E-state index contributed by atoms with van der Waals surface area (Å²) in [5, 5.41) is 2.91. The Morgan fingerprint density at radius 2 is 1.52 bits per heavy atom. The minimum absolute atomic E-state index is 0.145. The summed E-state index contributed by atoms with van der Waals surface area (Å²) < 4.78 is 51.2. The highest BCUT2D eigenvalue weighted by Gasteiger charge is 2.52. The molecular weight excluding hydrogens is 306 g/mol. The molecule has 2 saturated heterocycles. The standard InChI is InChI=1S/C16H23BF3NO2/c1-10(17-22-14(4,5)15(6,7)23-17)8-11(16(18,19)20)9-12-13(2,3)21-12/h8-9,21H,1H2,2-7H3/b11-8+,12-9+. The van der Waals surface area contributed by atoms with Gasteiger partial charge in [0, 0.05) is 5.70 Å². The summed E-state index contributed by atoms with van der Waals surface area (Å²) in [6, 6.07) is 0. The SMILES string of the molecule is C=C(/C=C(\C=C1\NC1(C)C)C(F)(F)F)B1OC(C)(C)C(C)(C)O1. The van der Waals surface area contributed by atoms with Crippen LogP contribution in [0.15, 0.2) is 35.5 Å². The van der Waals surface area contributed by atoms with Gasteiger partial charge in [0.15, 0.2) is 0 Å². The first kappa shape index (κ1) is 18.1. The number of hydrogen-bond acceptors (Lipinski definition) is 3. The van der Waals surface area contributed by atoms with Crippen molar-refractivity contribution in [1.82, 2.24) is 5.32 Å². The molecule has 0 aliphatic carbocycles. The van der Waals surface area contributed by atoms with Gasteiger partial charge >= 0.3 is 13.3 Å². The van der Waals surface area contributed by atoms with Crippen LogP contribution in [0, 0.1) is 0 Å². The molecule has 0 aromatic carbocycles. The van der Waals surface area contributed by atoms with Gasteiger partial charge in [-0.05, 0) is 53.1 Å². The molecule has 0 radical (unpaired) electrons. The van der Waals surface area contributed by atoms with E-state index in [1.54, 1.807) is 0 Å². The first-order chi connectivity index (χ1) is 10.2. The molecular formula is C16H23BF3NO2. The van der Waals surface area contributed by atoms with Crippen LogP contribution in [0.2, 0.25) is 0 Å². The van der Waals surface area contributed by atoms with Gasteiger partial charge in [-0.25, -0.2) is 0 Å². The number of nitrogens with one attached hydrogen (secondary N) is 1. The first-order valence-corrected chi connectivity index (χ1v) is 7.49. The Labute approximate surface area is 135 Å². The van der Waals surface area contributed by atoms with Crippen LogP contribution in [0.5, 0.6) is 0 Å². The highest BCUT2D eigenvalue weighted by atomic mass is 19.4.